The van der Waals surface area contributed by atoms with Crippen molar-refractivity contribution in [3.8, 4) is 16.9 Å². The molecule has 2 aliphatic heterocycles. The number of hydrogen-bond donors (Lipinski definition) is 2. The molecule has 0 saturated carbocycles. The van der Waals surface area contributed by atoms with E-state index in [1.165, 1.54) is 18.3 Å². The Balaban J connectivity index is 1.42. The van der Waals surface area contributed by atoms with E-state index in [1.807, 2.05) is 49.3 Å². The molecule has 0 aliphatic carbocycles. The van der Waals surface area contributed by atoms with Crippen LogP contribution in [0.4, 0.5) is 4.39 Å². The normalized spacial score (nSPS) is 19.8. The van der Waals surface area contributed by atoms with Crippen molar-refractivity contribution >= 4 is 17.7 Å². The van der Waals surface area contributed by atoms with Gasteiger partial charge in [0.1, 0.15) is 18.2 Å². The largest absolute Gasteiger partial charge is 0.491 e. The van der Waals surface area contributed by atoms with Crippen molar-refractivity contribution in [3.63, 3.8) is 0 Å². The first-order valence-electron chi connectivity index (χ1n) is 14.4. The number of hydrogen-bond acceptors (Lipinski definition) is 7. The summed E-state index contributed by atoms with van der Waals surface area (Å²) in [5.74, 6) is -0.248. The minimum atomic E-state index is -0.355. The average molecular weight is 589 g/mol. The lowest BCUT2D eigenvalue weighted by atomic mass is 10.1. The predicted molar refractivity (Wildman–Crippen MR) is 160 cm³/mol. The maximum atomic E-state index is 14.0. The summed E-state index contributed by atoms with van der Waals surface area (Å²) in [7, 11) is 3.66. The number of carbonyl (C=O) groups excluding carboxylic acids is 3. The van der Waals surface area contributed by atoms with Crippen molar-refractivity contribution in [1.29, 1.82) is 0 Å². The number of nitrogens with zero attached hydrogens (tertiary/aromatic N) is 4. The second-order valence-electron chi connectivity index (χ2n) is 11.3. The fourth-order valence-electron chi connectivity index (χ4n) is 5.54. The third-order valence-corrected chi connectivity index (χ3v) is 7.54. The quantitative estimate of drug-likeness (QED) is 0.471. The zero-order valence-corrected chi connectivity index (χ0v) is 24.5. The Morgan fingerprint density at radius 1 is 1.09 bits per heavy atom. The molecule has 3 aromatic rings. The van der Waals surface area contributed by atoms with Gasteiger partial charge in [-0.25, -0.2) is 4.39 Å². The third kappa shape index (κ3) is 8.14. The van der Waals surface area contributed by atoms with Gasteiger partial charge in [0.2, 0.25) is 11.8 Å². The van der Waals surface area contributed by atoms with Crippen LogP contribution in [0.3, 0.4) is 0 Å². The number of rotatable bonds is 5. The van der Waals surface area contributed by atoms with Gasteiger partial charge in [0.15, 0.2) is 0 Å². The first kappa shape index (κ1) is 30.1. The van der Waals surface area contributed by atoms with Crippen LogP contribution in [0, 0.1) is 5.82 Å². The van der Waals surface area contributed by atoms with E-state index in [2.05, 4.69) is 15.6 Å². The minimum absolute atomic E-state index is 0.0494. The topological polar surface area (TPSA) is 107 Å². The monoisotopic (exact) mass is 588 g/mol. The molecule has 1 aromatic heterocycles. The number of aromatic nitrogens is 1. The smallest absolute Gasteiger partial charge is 0.252 e. The number of likely N-dealkylation sites (N-methyl/N-ethyl adjacent to an activating group) is 1. The maximum Gasteiger partial charge on any atom is 0.252 e. The zero-order chi connectivity index (χ0) is 30.3. The van der Waals surface area contributed by atoms with Crippen molar-refractivity contribution in [2.75, 3.05) is 53.4 Å². The first-order valence-corrected chi connectivity index (χ1v) is 14.4. The SMILES string of the molecule is CN(C)CC(=O)N[C@@H]1C[C@H]2COc3cccc(c3)-c3cncc(c3)C(=O)NCCN(Cc3cccc(F)c3)CC(=O)N2C1. The molecule has 2 N–H and O–H groups in total. The fourth-order valence-corrected chi connectivity index (χ4v) is 5.54. The Labute approximate surface area is 250 Å². The van der Waals surface area contributed by atoms with E-state index in [-0.39, 0.29) is 61.9 Å². The lowest BCUT2D eigenvalue weighted by molar-refractivity contribution is -0.134. The molecule has 1 fully saturated rings. The molecule has 2 atom stereocenters. The summed E-state index contributed by atoms with van der Waals surface area (Å²) in [5, 5.41) is 5.99. The van der Waals surface area contributed by atoms with Gasteiger partial charge in [-0.2, -0.15) is 0 Å². The lowest BCUT2D eigenvalue weighted by Crippen LogP contribution is -2.47. The van der Waals surface area contributed by atoms with Gasteiger partial charge in [0.05, 0.1) is 24.7 Å². The number of pyridine rings is 1. The van der Waals surface area contributed by atoms with Crippen molar-refractivity contribution in [2.24, 2.45) is 0 Å². The van der Waals surface area contributed by atoms with E-state index >= 15 is 0 Å². The van der Waals surface area contributed by atoms with E-state index in [0.717, 1.165) is 16.7 Å². The van der Waals surface area contributed by atoms with Gasteiger partial charge in [-0.05, 0) is 62.0 Å². The highest BCUT2D eigenvalue weighted by Gasteiger charge is 2.37. The molecular formula is C32H37FN6O4. The molecule has 11 heteroatoms. The van der Waals surface area contributed by atoms with Crippen LogP contribution in [0.25, 0.3) is 11.1 Å². The summed E-state index contributed by atoms with van der Waals surface area (Å²) in [6.45, 7) is 1.86. The summed E-state index contributed by atoms with van der Waals surface area (Å²) in [4.78, 5) is 49.1. The van der Waals surface area contributed by atoms with Crippen LogP contribution in [0.1, 0.15) is 22.3 Å². The van der Waals surface area contributed by atoms with Gasteiger partial charge in [-0.1, -0.05) is 24.3 Å². The number of nitrogens with one attached hydrogen (secondary N) is 2. The number of carbonyl (C=O) groups is 3. The summed E-state index contributed by atoms with van der Waals surface area (Å²) in [6.07, 6.45) is 3.77. The van der Waals surface area contributed by atoms with Crippen molar-refractivity contribution in [2.45, 2.75) is 25.0 Å². The second kappa shape index (κ2) is 13.7. The molecule has 226 valence electrons. The summed E-state index contributed by atoms with van der Waals surface area (Å²) >= 11 is 0. The van der Waals surface area contributed by atoms with Crippen molar-refractivity contribution in [1.82, 2.24) is 30.3 Å². The Morgan fingerprint density at radius 3 is 2.72 bits per heavy atom. The molecule has 10 nitrogen and oxygen atoms in total. The molecule has 5 rings (SSSR count). The highest BCUT2D eigenvalue weighted by molar-refractivity contribution is 5.95. The Morgan fingerprint density at radius 2 is 1.91 bits per heavy atom. The molecule has 43 heavy (non-hydrogen) atoms. The molecule has 2 aromatic carbocycles. The lowest BCUT2D eigenvalue weighted by Gasteiger charge is -2.29. The molecule has 4 bridgehead atoms. The number of ether oxygens (including phenoxy) is 1. The summed E-state index contributed by atoms with van der Waals surface area (Å²) in [6, 6.07) is 15.1. The summed E-state index contributed by atoms with van der Waals surface area (Å²) < 4.78 is 20.2. The van der Waals surface area contributed by atoms with E-state index < -0.39 is 0 Å². The van der Waals surface area contributed by atoms with Crippen LogP contribution < -0.4 is 15.4 Å². The second-order valence-corrected chi connectivity index (χ2v) is 11.3. The van der Waals surface area contributed by atoms with Gasteiger partial charge in [0, 0.05) is 50.2 Å². The van der Waals surface area contributed by atoms with Gasteiger partial charge in [-0.3, -0.25) is 24.3 Å². The number of amides is 3. The van der Waals surface area contributed by atoms with E-state index in [4.69, 9.17) is 4.74 Å². The molecule has 3 heterocycles. The highest BCUT2D eigenvalue weighted by atomic mass is 19.1. The molecule has 0 spiro atoms. The van der Waals surface area contributed by atoms with E-state index in [0.29, 0.717) is 37.4 Å². The fraction of sp³-hybridized carbons (Fsp3) is 0.375. The van der Waals surface area contributed by atoms with Crippen LogP contribution >= 0.6 is 0 Å². The van der Waals surface area contributed by atoms with Crippen LogP contribution in [-0.4, -0.2) is 103 Å². The Kier molecular flexibility index (Phi) is 9.63. The number of fused-ring (bicyclic) bond motifs is 6. The maximum absolute atomic E-state index is 14.0. The third-order valence-electron chi connectivity index (χ3n) is 7.54. The van der Waals surface area contributed by atoms with E-state index in [1.54, 1.807) is 28.1 Å². The first-order chi connectivity index (χ1) is 20.7. The van der Waals surface area contributed by atoms with Gasteiger partial charge >= 0.3 is 0 Å². The number of halogens is 1. The van der Waals surface area contributed by atoms with Crippen LogP contribution in [-0.2, 0) is 16.1 Å². The molecule has 3 amide bonds. The molecule has 2 aliphatic rings. The van der Waals surface area contributed by atoms with Gasteiger partial charge < -0.3 is 25.2 Å². The van der Waals surface area contributed by atoms with Crippen molar-refractivity contribution < 1.29 is 23.5 Å². The molecule has 0 radical (unpaired) electrons. The molecule has 0 unspecified atom stereocenters. The Bertz CT molecular complexity index is 1470. The van der Waals surface area contributed by atoms with Crippen LogP contribution in [0.15, 0.2) is 67.0 Å². The van der Waals surface area contributed by atoms with Crippen LogP contribution in [0.5, 0.6) is 5.75 Å². The molecule has 1 saturated heterocycles. The van der Waals surface area contributed by atoms with Crippen LogP contribution in [0.2, 0.25) is 0 Å². The highest BCUT2D eigenvalue weighted by Crippen LogP contribution is 2.26. The zero-order valence-electron chi connectivity index (χ0n) is 24.5. The molecular weight excluding hydrogens is 551 g/mol. The minimum Gasteiger partial charge on any atom is -0.491 e. The summed E-state index contributed by atoms with van der Waals surface area (Å²) in [5.41, 5.74) is 2.76. The standard InChI is InChI=1S/C32H37FN6O4/c1-37(2)19-30(40)36-27-14-28-21-43-29-8-4-6-23(13-29)24-12-25(16-34-15-24)32(42)35-9-10-38(20-31(41)39(28)18-27)17-22-5-3-7-26(33)11-22/h3-8,11-13,15-16,27-28H,9-10,14,17-21H2,1-2H3,(H,35,42)(H,36,40)/t27-,28+/m1/s1. The van der Waals surface area contributed by atoms with Crippen molar-refractivity contribution in [3.05, 3.63) is 83.9 Å². The predicted octanol–water partition coefficient (Wildman–Crippen LogP) is 2.16. The number of benzene rings is 2. The average Bonchev–Trinajstić information content (AvgIpc) is 3.37. The van der Waals surface area contributed by atoms with E-state index in [9.17, 15) is 18.8 Å². The van der Waals surface area contributed by atoms with Gasteiger partial charge in [-0.15, -0.1) is 0 Å². The Hall–Kier alpha value is -4.35. The van der Waals surface area contributed by atoms with Gasteiger partial charge in [0.25, 0.3) is 5.91 Å².